The summed E-state index contributed by atoms with van der Waals surface area (Å²) in [5.41, 5.74) is 0. The summed E-state index contributed by atoms with van der Waals surface area (Å²) in [7, 11) is 3.39. The minimum absolute atomic E-state index is 0.919. The molecule has 0 amide bonds. The maximum atomic E-state index is 3.75. The summed E-state index contributed by atoms with van der Waals surface area (Å²) < 4.78 is 3.75. The highest BCUT2D eigenvalue weighted by molar-refractivity contribution is 4.71. The molecule has 0 aromatic rings. The Bertz CT molecular complexity index is 39.2. The van der Waals surface area contributed by atoms with Gasteiger partial charge in [-0.15, -0.1) is 0 Å². The third kappa shape index (κ3) is 0.977. The zero-order valence-electron chi connectivity index (χ0n) is 3.85. The molecule has 0 saturated heterocycles. The van der Waals surface area contributed by atoms with Gasteiger partial charge in [0.25, 0.3) is 0 Å². The second-order valence-electron chi connectivity index (χ2n) is 1.85. The van der Waals surface area contributed by atoms with Crippen molar-refractivity contribution < 1.29 is 4.74 Å². The van der Waals surface area contributed by atoms with E-state index in [9.17, 15) is 0 Å². The number of hydrogen-bond acceptors (Lipinski definition) is 0. The van der Waals surface area contributed by atoms with Gasteiger partial charge >= 0.3 is 0 Å². The van der Waals surface area contributed by atoms with Gasteiger partial charge in [0.1, 0.15) is 6.61 Å². The molecule has 1 rings (SSSR count). The first-order chi connectivity index (χ1) is 2.93. The topological polar surface area (TPSA) is 12.8 Å². The van der Waals surface area contributed by atoms with E-state index < -0.39 is 0 Å². The van der Waals surface area contributed by atoms with Gasteiger partial charge in [-0.3, -0.25) is 0 Å². The highest BCUT2D eigenvalue weighted by Crippen LogP contribution is 2.27. The fourth-order valence-corrected chi connectivity index (χ4v) is 0.483. The van der Waals surface area contributed by atoms with Gasteiger partial charge in [-0.25, -0.2) is 0 Å². The van der Waals surface area contributed by atoms with Crippen LogP contribution < -0.4 is 0 Å². The summed E-state index contributed by atoms with van der Waals surface area (Å²) in [6, 6.07) is 0. The Balaban J connectivity index is 1.88. The number of ether oxygens (including phenoxy) is 1. The van der Waals surface area contributed by atoms with Crippen LogP contribution in [0.4, 0.5) is 0 Å². The molecule has 0 spiro atoms. The lowest BCUT2D eigenvalue weighted by Gasteiger charge is -1.92. The van der Waals surface area contributed by atoms with Gasteiger partial charge < -0.3 is 4.74 Å². The van der Waals surface area contributed by atoms with Crippen molar-refractivity contribution in [3.8, 4) is 0 Å². The van der Waals surface area contributed by atoms with Crippen LogP contribution in [0.5, 0.6) is 0 Å². The van der Waals surface area contributed by atoms with E-state index in [4.69, 9.17) is 0 Å². The smallest absolute Gasteiger partial charge is 0.122 e. The highest BCUT2D eigenvalue weighted by atomic mass is 16.5. The average Bonchev–Trinajstić information content (AvgIpc) is 2.21. The molecule has 1 aliphatic rings. The average molecular weight is 86.1 g/mol. The van der Waals surface area contributed by atoms with Crippen LogP contribution in [-0.2, 0) is 0 Å². The van der Waals surface area contributed by atoms with E-state index in [2.05, 4.69) is 11.8 Å². The first-order valence-corrected chi connectivity index (χ1v) is 2.36. The van der Waals surface area contributed by atoms with Crippen molar-refractivity contribution in [2.45, 2.75) is 12.8 Å². The third-order valence-electron chi connectivity index (χ3n) is 1.08. The largest absolute Gasteiger partial charge is 0.581 e. The van der Waals surface area contributed by atoms with Crippen LogP contribution in [0.3, 0.4) is 0 Å². The Kier molecular flexibility index (Phi) is 1.10. The Labute approximate surface area is 38.3 Å². The molecule has 1 N–H and O–H groups in total. The lowest BCUT2D eigenvalue weighted by molar-refractivity contribution is 0.0470. The molecule has 1 saturated carbocycles. The number of rotatable bonds is 2. The van der Waals surface area contributed by atoms with Gasteiger partial charge in [-0.05, 0) is 12.8 Å². The minimum Gasteiger partial charge on any atom is -0.581 e. The molecule has 0 unspecified atom stereocenters. The SMILES string of the molecule is [CH2-][OH+]CC1CC1. The van der Waals surface area contributed by atoms with Crippen molar-refractivity contribution in [1.29, 1.82) is 0 Å². The molecule has 36 valence electrons. The van der Waals surface area contributed by atoms with Crippen LogP contribution in [0.15, 0.2) is 0 Å². The maximum Gasteiger partial charge on any atom is 0.122 e. The van der Waals surface area contributed by atoms with Crippen molar-refractivity contribution in [1.82, 2.24) is 0 Å². The van der Waals surface area contributed by atoms with Crippen LogP contribution in [0.1, 0.15) is 12.8 Å². The normalized spacial score (nSPS) is 21.5. The Morgan fingerprint density at radius 2 is 2.33 bits per heavy atom. The Morgan fingerprint density at radius 1 is 1.67 bits per heavy atom. The highest BCUT2D eigenvalue weighted by Gasteiger charge is 2.22. The zero-order valence-corrected chi connectivity index (χ0v) is 3.85. The monoisotopic (exact) mass is 86.1 g/mol. The molecule has 0 atom stereocenters. The van der Waals surface area contributed by atoms with Gasteiger partial charge in [0, 0.05) is 5.92 Å². The molecular formula is C5H10O. The molecule has 0 heterocycles. The van der Waals surface area contributed by atoms with Crippen LogP contribution >= 0.6 is 0 Å². The molecule has 0 aliphatic heterocycles. The van der Waals surface area contributed by atoms with Crippen molar-refractivity contribution in [3.63, 3.8) is 0 Å². The predicted molar refractivity (Wildman–Crippen MR) is 25.2 cm³/mol. The fourth-order valence-electron chi connectivity index (χ4n) is 0.483. The molecule has 0 bridgehead atoms. The van der Waals surface area contributed by atoms with E-state index in [1.165, 1.54) is 12.8 Å². The number of aliphatic hydroxyl groups is 2. The molecule has 0 aromatic carbocycles. The first-order valence-electron chi connectivity index (χ1n) is 2.36. The van der Waals surface area contributed by atoms with Gasteiger partial charge in [-0.2, -0.15) is 0 Å². The summed E-state index contributed by atoms with van der Waals surface area (Å²) in [5.74, 6) is 0.919. The van der Waals surface area contributed by atoms with E-state index in [-0.39, 0.29) is 0 Å². The van der Waals surface area contributed by atoms with Crippen molar-refractivity contribution in [2.75, 3.05) is 6.61 Å². The minimum atomic E-state index is 0.919. The summed E-state index contributed by atoms with van der Waals surface area (Å²) in [6.45, 7) is 1.00. The zero-order chi connectivity index (χ0) is 4.41. The second-order valence-corrected chi connectivity index (χ2v) is 1.85. The first kappa shape index (κ1) is 4.13. The Hall–Kier alpha value is -0.0400. The summed E-state index contributed by atoms with van der Waals surface area (Å²) in [5, 5.41) is 0. The maximum absolute atomic E-state index is 3.75. The van der Waals surface area contributed by atoms with Crippen LogP contribution in [0.25, 0.3) is 0 Å². The predicted octanol–water partition coefficient (Wildman–Crippen LogP) is 0.716. The lowest BCUT2D eigenvalue weighted by Crippen LogP contribution is -1.90. The van der Waals surface area contributed by atoms with Gasteiger partial charge in [0.05, 0.1) is 0 Å². The van der Waals surface area contributed by atoms with E-state index in [0.717, 1.165) is 12.5 Å². The van der Waals surface area contributed by atoms with Crippen LogP contribution in [0, 0.1) is 13.0 Å². The molecule has 6 heavy (non-hydrogen) atoms. The van der Waals surface area contributed by atoms with Crippen LogP contribution in [-0.4, -0.2) is 11.3 Å². The molecular weight excluding hydrogens is 76.1 g/mol. The summed E-state index contributed by atoms with van der Waals surface area (Å²) in [4.78, 5) is 0. The molecule has 1 heteroatoms. The van der Waals surface area contributed by atoms with Crippen molar-refractivity contribution in [2.24, 2.45) is 5.92 Å². The van der Waals surface area contributed by atoms with Crippen molar-refractivity contribution >= 4 is 0 Å². The Morgan fingerprint density at radius 3 is 2.50 bits per heavy atom. The van der Waals surface area contributed by atoms with Gasteiger partial charge in [0.2, 0.25) is 0 Å². The third-order valence-corrected chi connectivity index (χ3v) is 1.08. The summed E-state index contributed by atoms with van der Waals surface area (Å²) in [6.07, 6.45) is 2.78. The quantitative estimate of drug-likeness (QED) is 0.347. The van der Waals surface area contributed by atoms with Gasteiger partial charge in [0.15, 0.2) is 0 Å². The molecule has 1 nitrogen and oxygen atoms in total. The molecule has 0 radical (unpaired) electrons. The van der Waals surface area contributed by atoms with E-state index in [1.807, 2.05) is 0 Å². The number of hydrogen-bond donors (Lipinski definition) is 0. The van der Waals surface area contributed by atoms with E-state index in [1.54, 1.807) is 0 Å². The molecule has 0 aromatic heterocycles. The van der Waals surface area contributed by atoms with E-state index in [0.29, 0.717) is 0 Å². The van der Waals surface area contributed by atoms with Gasteiger partial charge in [-0.1, -0.05) is 7.11 Å². The lowest BCUT2D eigenvalue weighted by atomic mass is 10.5. The molecule has 1 aliphatic carbocycles. The van der Waals surface area contributed by atoms with Crippen LogP contribution in [0.2, 0.25) is 0 Å². The fraction of sp³-hybridized carbons (Fsp3) is 0.800. The standard InChI is InChI=1S/C5H10O/c1-6-4-5-2-3-5/h5-6H,1-4H2. The van der Waals surface area contributed by atoms with Crippen molar-refractivity contribution in [3.05, 3.63) is 7.11 Å². The second kappa shape index (κ2) is 1.61. The summed E-state index contributed by atoms with van der Waals surface area (Å²) >= 11 is 0. The molecule has 1 fully saturated rings. The van der Waals surface area contributed by atoms with E-state index >= 15 is 0 Å².